The molecule has 84 heavy (non-hydrogen) atoms. The largest absolute Gasteiger partial charge is 0.456 e. The highest BCUT2D eigenvalue weighted by Gasteiger charge is 2.54. The first kappa shape index (κ1) is 48.6. The number of benzene rings is 12. The fraction of sp³-hybridized carbons (Fsp3) is 0.114. The lowest BCUT2D eigenvalue weighted by Crippen LogP contribution is -2.26. The molecule has 12 aromatic carbocycles. The standard InChI is InChI=1S/C79H58N2O3/c1-77(2,3)47-31-35-49(36-32-47)80(51-39-41-58-56-22-11-16-28-68(56)82-71(58)43-51)66-45-64-73(60-24-8-7-21-55(60)66)75-65(79(64)62-26-14-9-19-53(62)54-20-10-15-27-63(54)79)46-67(74-61-25-13-18-30-70(61)84-76(74)75)81(50-37-33-48(34-38-50)78(4,5)6)52-40-42-59-57-23-12-17-29-69(57)83-72(59)44-52/h7-46H,1-6H3. The third kappa shape index (κ3) is 6.84. The molecule has 0 aliphatic heterocycles. The second-order valence-corrected chi connectivity index (χ2v) is 25.1. The predicted octanol–water partition coefficient (Wildman–Crippen LogP) is 22.4. The molecule has 1 spiro atoms. The number of rotatable bonds is 6. The zero-order chi connectivity index (χ0) is 56.4. The predicted molar refractivity (Wildman–Crippen MR) is 349 cm³/mol. The normalized spacial score (nSPS) is 13.5. The van der Waals surface area contributed by atoms with Crippen LogP contribution in [0.15, 0.2) is 256 Å². The Kier molecular flexibility index (Phi) is 10.1. The van der Waals surface area contributed by atoms with Crippen LogP contribution in [0.5, 0.6) is 0 Å². The van der Waals surface area contributed by atoms with E-state index in [-0.39, 0.29) is 10.8 Å². The minimum Gasteiger partial charge on any atom is -0.456 e. The van der Waals surface area contributed by atoms with Gasteiger partial charge < -0.3 is 23.1 Å². The Balaban J connectivity index is 1.01. The summed E-state index contributed by atoms with van der Waals surface area (Å²) < 4.78 is 21.0. The molecule has 0 unspecified atom stereocenters. The van der Waals surface area contributed by atoms with Crippen LogP contribution in [-0.4, -0.2) is 0 Å². The van der Waals surface area contributed by atoms with Gasteiger partial charge in [-0.2, -0.15) is 0 Å². The molecule has 0 radical (unpaired) electrons. The van der Waals surface area contributed by atoms with Gasteiger partial charge in [0.05, 0.1) is 22.2 Å². The van der Waals surface area contributed by atoms with E-state index in [2.05, 4.69) is 282 Å². The second-order valence-electron chi connectivity index (χ2n) is 25.1. The summed E-state index contributed by atoms with van der Waals surface area (Å²) in [7, 11) is 0. The number of para-hydroxylation sites is 3. The summed E-state index contributed by atoms with van der Waals surface area (Å²) in [6.45, 7) is 13.7. The second kappa shape index (κ2) is 17.5. The van der Waals surface area contributed by atoms with E-state index < -0.39 is 5.41 Å². The van der Waals surface area contributed by atoms with Crippen molar-refractivity contribution in [2.75, 3.05) is 9.80 Å². The van der Waals surface area contributed by atoms with E-state index in [4.69, 9.17) is 13.3 Å². The molecule has 0 bridgehead atoms. The zero-order valence-electron chi connectivity index (χ0n) is 47.7. The Labute approximate surface area is 487 Å². The molecule has 3 aromatic heterocycles. The van der Waals surface area contributed by atoms with Crippen LogP contribution in [0.2, 0.25) is 0 Å². The summed E-state index contributed by atoms with van der Waals surface area (Å²) in [6.07, 6.45) is 0. The summed E-state index contributed by atoms with van der Waals surface area (Å²) >= 11 is 0. The van der Waals surface area contributed by atoms with Gasteiger partial charge >= 0.3 is 0 Å². The molecule has 0 atom stereocenters. The monoisotopic (exact) mass is 1080 g/mol. The van der Waals surface area contributed by atoms with E-state index in [1.54, 1.807) is 0 Å². The van der Waals surface area contributed by atoms with Crippen molar-refractivity contribution in [2.24, 2.45) is 0 Å². The molecular weight excluding hydrogens is 1020 g/mol. The highest BCUT2D eigenvalue weighted by Crippen LogP contribution is 2.67. The molecule has 0 N–H and O–H groups in total. The summed E-state index contributed by atoms with van der Waals surface area (Å²) in [6, 6.07) is 89.4. The van der Waals surface area contributed by atoms with Crippen LogP contribution in [0, 0.1) is 0 Å². The molecule has 2 aliphatic rings. The van der Waals surface area contributed by atoms with Gasteiger partial charge in [-0.3, -0.25) is 0 Å². The van der Waals surface area contributed by atoms with Gasteiger partial charge in [-0.1, -0.05) is 193 Å². The van der Waals surface area contributed by atoms with E-state index in [0.717, 1.165) is 116 Å². The average molecular weight is 1080 g/mol. The Morgan fingerprint density at radius 2 is 0.690 bits per heavy atom. The molecule has 0 saturated heterocycles. The fourth-order valence-corrected chi connectivity index (χ4v) is 14.4. The molecule has 5 nitrogen and oxygen atoms in total. The van der Waals surface area contributed by atoms with Gasteiger partial charge in [0.25, 0.3) is 0 Å². The SMILES string of the molecule is CC(C)(C)c1ccc(N(c2ccc3c(c2)oc2ccccc23)c2cc3c(c4ccccc24)-c2c(cc(N(c4ccc(C(C)(C)C)cc4)c4ccc5c(c4)oc4ccccc45)c4c2oc2ccccc24)C32c3ccccc3-c3ccccc32)cc1. The van der Waals surface area contributed by atoms with Gasteiger partial charge in [0.2, 0.25) is 0 Å². The van der Waals surface area contributed by atoms with E-state index in [0.29, 0.717) is 0 Å². The Hall–Kier alpha value is -10.1. The Morgan fingerprint density at radius 3 is 1.21 bits per heavy atom. The summed E-state index contributed by atoms with van der Waals surface area (Å²) in [5.41, 5.74) is 22.5. The molecule has 2 aliphatic carbocycles. The minimum atomic E-state index is -0.812. The molecule has 402 valence electrons. The quantitative estimate of drug-likeness (QED) is 0.166. The lowest BCUT2D eigenvalue weighted by molar-refractivity contribution is 0.590. The maximum absolute atomic E-state index is 7.57. The van der Waals surface area contributed by atoms with Crippen LogP contribution in [0.4, 0.5) is 34.1 Å². The highest BCUT2D eigenvalue weighted by molar-refractivity contribution is 6.23. The van der Waals surface area contributed by atoms with E-state index in [9.17, 15) is 0 Å². The van der Waals surface area contributed by atoms with Crippen molar-refractivity contribution >= 4 is 111 Å². The van der Waals surface area contributed by atoms with E-state index in [1.165, 1.54) is 50.1 Å². The van der Waals surface area contributed by atoms with Gasteiger partial charge in [0.1, 0.15) is 33.5 Å². The molecule has 3 heterocycles. The number of anilines is 6. The van der Waals surface area contributed by atoms with Crippen molar-refractivity contribution in [1.82, 2.24) is 0 Å². The van der Waals surface area contributed by atoms with Crippen LogP contribution < -0.4 is 9.80 Å². The minimum absolute atomic E-state index is 0.0370. The Morgan fingerprint density at radius 1 is 0.298 bits per heavy atom. The fourth-order valence-electron chi connectivity index (χ4n) is 14.4. The van der Waals surface area contributed by atoms with E-state index in [1.807, 2.05) is 12.1 Å². The number of furan rings is 3. The van der Waals surface area contributed by atoms with Crippen molar-refractivity contribution in [1.29, 1.82) is 0 Å². The van der Waals surface area contributed by atoms with E-state index >= 15 is 0 Å². The number of nitrogens with zero attached hydrogens (tertiary/aromatic N) is 2. The summed E-state index contributed by atoms with van der Waals surface area (Å²) in [5.74, 6) is 0. The van der Waals surface area contributed by atoms with Crippen LogP contribution >= 0.6 is 0 Å². The van der Waals surface area contributed by atoms with Crippen molar-refractivity contribution in [3.05, 3.63) is 276 Å². The number of hydrogen-bond acceptors (Lipinski definition) is 5. The Bertz CT molecular complexity index is 5190. The van der Waals surface area contributed by atoms with Crippen LogP contribution in [0.1, 0.15) is 74.9 Å². The molecule has 15 aromatic rings. The number of fused-ring (bicyclic) bond motifs is 22. The van der Waals surface area contributed by atoms with Crippen molar-refractivity contribution < 1.29 is 13.3 Å². The van der Waals surface area contributed by atoms with Gasteiger partial charge in [-0.25, -0.2) is 0 Å². The van der Waals surface area contributed by atoms with Gasteiger partial charge in [0, 0.05) is 72.8 Å². The van der Waals surface area contributed by atoms with Crippen molar-refractivity contribution in [3.8, 4) is 22.3 Å². The van der Waals surface area contributed by atoms with Gasteiger partial charge in [-0.05, 0) is 145 Å². The zero-order valence-corrected chi connectivity index (χ0v) is 47.7. The van der Waals surface area contributed by atoms with Crippen molar-refractivity contribution in [2.45, 2.75) is 57.8 Å². The molecular formula is C79H58N2O3. The average Bonchev–Trinajstić information content (AvgIpc) is 1.50. The molecule has 5 heteroatoms. The molecule has 0 amide bonds. The third-order valence-electron chi connectivity index (χ3n) is 18.4. The number of hydrogen-bond donors (Lipinski definition) is 0. The van der Waals surface area contributed by atoms with Crippen molar-refractivity contribution in [3.63, 3.8) is 0 Å². The maximum atomic E-state index is 7.57. The summed E-state index contributed by atoms with van der Waals surface area (Å²) in [5, 5.41) is 8.74. The van der Waals surface area contributed by atoms with Crippen LogP contribution in [-0.2, 0) is 16.2 Å². The highest BCUT2D eigenvalue weighted by atomic mass is 16.3. The maximum Gasteiger partial charge on any atom is 0.145 e. The molecule has 0 fully saturated rings. The first-order valence-corrected chi connectivity index (χ1v) is 29.3. The molecule has 0 saturated carbocycles. The third-order valence-corrected chi connectivity index (χ3v) is 18.4. The first-order valence-electron chi connectivity index (χ1n) is 29.3. The smallest absolute Gasteiger partial charge is 0.145 e. The van der Waals surface area contributed by atoms with Crippen LogP contribution in [0.3, 0.4) is 0 Å². The summed E-state index contributed by atoms with van der Waals surface area (Å²) in [4.78, 5) is 4.92. The van der Waals surface area contributed by atoms with Gasteiger partial charge in [0.15, 0.2) is 0 Å². The molecule has 17 rings (SSSR count). The lowest BCUT2D eigenvalue weighted by Gasteiger charge is -2.34. The lowest BCUT2D eigenvalue weighted by atomic mass is 9.70. The van der Waals surface area contributed by atoms with Crippen LogP contribution in [0.25, 0.3) is 98.8 Å². The first-order chi connectivity index (χ1) is 40.9. The van der Waals surface area contributed by atoms with Gasteiger partial charge in [-0.15, -0.1) is 0 Å². The topological polar surface area (TPSA) is 45.9 Å².